The van der Waals surface area contributed by atoms with Crippen molar-refractivity contribution in [2.75, 3.05) is 4.90 Å². The third-order valence-corrected chi connectivity index (χ3v) is 6.54. The fourth-order valence-corrected chi connectivity index (χ4v) is 5.10. The molecule has 2 heterocycles. The number of nitrogens with zero attached hydrogens (tertiary/aromatic N) is 3. The Morgan fingerprint density at radius 3 is 2.33 bits per heavy atom. The number of rotatable bonds is 3. The summed E-state index contributed by atoms with van der Waals surface area (Å²) in [6.45, 7) is 0. The zero-order valence-corrected chi connectivity index (χ0v) is 17.3. The van der Waals surface area contributed by atoms with Gasteiger partial charge in [0, 0.05) is 23.2 Å². The molecular formula is C27H17F2N3O. The molecule has 6 heteroatoms. The van der Waals surface area contributed by atoms with Crippen LogP contribution in [0.25, 0.3) is 6.08 Å². The van der Waals surface area contributed by atoms with Gasteiger partial charge in [0.15, 0.2) is 11.2 Å². The number of hydrogen-bond acceptors (Lipinski definition) is 4. The molecule has 1 fully saturated rings. The summed E-state index contributed by atoms with van der Waals surface area (Å²) in [5, 5.41) is 20.6. The van der Waals surface area contributed by atoms with E-state index in [2.05, 4.69) is 12.1 Å². The Kier molecular flexibility index (Phi) is 4.80. The van der Waals surface area contributed by atoms with Gasteiger partial charge < -0.3 is 4.90 Å². The number of Topliss-reactive ketones (excluding diaryl/α,β-unsaturated/α-hetero) is 1. The molecule has 0 N–H and O–H groups in total. The maximum Gasteiger partial charge on any atom is 0.185 e. The predicted molar refractivity (Wildman–Crippen MR) is 119 cm³/mol. The Balaban J connectivity index is 1.81. The van der Waals surface area contributed by atoms with Gasteiger partial charge in [0.1, 0.15) is 17.7 Å². The van der Waals surface area contributed by atoms with E-state index < -0.39 is 35.1 Å². The van der Waals surface area contributed by atoms with Gasteiger partial charge >= 0.3 is 0 Å². The minimum atomic E-state index is -1.78. The number of halogens is 2. The monoisotopic (exact) mass is 437 g/mol. The van der Waals surface area contributed by atoms with Crippen molar-refractivity contribution in [2.45, 2.75) is 18.0 Å². The highest BCUT2D eigenvalue weighted by molar-refractivity contribution is 6.04. The van der Waals surface area contributed by atoms with E-state index in [-0.39, 0.29) is 11.3 Å². The first-order chi connectivity index (χ1) is 16.0. The number of carbonyl (C=O) groups excluding carboxylic acids is 1. The average molecular weight is 437 g/mol. The number of benzene rings is 3. The lowest BCUT2D eigenvalue weighted by molar-refractivity contribution is 0.0950. The summed E-state index contributed by atoms with van der Waals surface area (Å²) >= 11 is 0. The normalized spacial score (nSPS) is 22.1. The van der Waals surface area contributed by atoms with Crippen molar-refractivity contribution >= 4 is 17.5 Å². The number of nitriles is 2. The molecule has 0 aromatic heterocycles. The van der Waals surface area contributed by atoms with Crippen molar-refractivity contribution in [3.05, 3.63) is 107 Å². The van der Waals surface area contributed by atoms with Gasteiger partial charge in [-0.3, -0.25) is 4.79 Å². The maximum atomic E-state index is 15.1. The lowest BCUT2D eigenvalue weighted by Gasteiger charge is -2.35. The van der Waals surface area contributed by atoms with E-state index in [1.165, 1.54) is 6.07 Å². The van der Waals surface area contributed by atoms with Gasteiger partial charge in [-0.2, -0.15) is 10.5 Å². The van der Waals surface area contributed by atoms with Crippen molar-refractivity contribution in [2.24, 2.45) is 5.41 Å². The van der Waals surface area contributed by atoms with E-state index in [1.807, 2.05) is 30.3 Å². The SMILES string of the molecule is N#CC1(C#N)[C@H](c2ccc(F)cc2F)[C@H](C(=O)c2ccccc2)N2c3ccccc3C=C[C@H]21. The molecule has 0 amide bonds. The Morgan fingerprint density at radius 1 is 0.939 bits per heavy atom. The molecule has 0 radical (unpaired) electrons. The van der Waals surface area contributed by atoms with Crippen LogP contribution in [0.2, 0.25) is 0 Å². The van der Waals surface area contributed by atoms with E-state index in [1.54, 1.807) is 41.3 Å². The number of carbonyl (C=O) groups is 1. The summed E-state index contributed by atoms with van der Waals surface area (Å²) < 4.78 is 28.9. The molecule has 0 unspecified atom stereocenters. The summed E-state index contributed by atoms with van der Waals surface area (Å²) in [4.78, 5) is 15.7. The molecular weight excluding hydrogens is 420 g/mol. The van der Waals surface area contributed by atoms with Gasteiger partial charge in [-0.05, 0) is 23.3 Å². The second-order valence-electron chi connectivity index (χ2n) is 8.18. The van der Waals surface area contributed by atoms with Crippen LogP contribution in [0.3, 0.4) is 0 Å². The molecule has 0 spiro atoms. The van der Waals surface area contributed by atoms with Crippen LogP contribution in [0.5, 0.6) is 0 Å². The van der Waals surface area contributed by atoms with E-state index in [0.29, 0.717) is 11.3 Å². The lowest BCUT2D eigenvalue weighted by Crippen LogP contribution is -2.44. The average Bonchev–Trinajstić information content (AvgIpc) is 3.15. The number of ketones is 1. The van der Waals surface area contributed by atoms with Crippen LogP contribution < -0.4 is 4.90 Å². The van der Waals surface area contributed by atoms with E-state index >= 15 is 4.39 Å². The molecule has 3 atom stereocenters. The summed E-state index contributed by atoms with van der Waals surface area (Å²) in [6.07, 6.45) is 3.54. The molecule has 33 heavy (non-hydrogen) atoms. The molecule has 2 aliphatic heterocycles. The lowest BCUT2D eigenvalue weighted by atomic mass is 9.69. The fourth-order valence-electron chi connectivity index (χ4n) is 5.10. The van der Waals surface area contributed by atoms with E-state index in [0.717, 1.165) is 17.7 Å². The largest absolute Gasteiger partial charge is 0.351 e. The highest BCUT2D eigenvalue weighted by Crippen LogP contribution is 2.55. The van der Waals surface area contributed by atoms with Crippen molar-refractivity contribution < 1.29 is 13.6 Å². The molecule has 0 saturated carbocycles. The van der Waals surface area contributed by atoms with Crippen molar-refractivity contribution in [3.8, 4) is 12.1 Å². The number of anilines is 1. The first-order valence-electron chi connectivity index (χ1n) is 10.4. The second kappa shape index (κ2) is 7.69. The van der Waals surface area contributed by atoms with Crippen LogP contribution in [0.15, 0.2) is 78.9 Å². The van der Waals surface area contributed by atoms with Crippen LogP contribution in [-0.2, 0) is 0 Å². The third kappa shape index (κ3) is 2.96. The standard InChI is InChI=1S/C27H17F2N3O/c28-19-11-12-20(21(29)14-19)24-25(26(33)18-7-2-1-3-8-18)32-22-9-5-4-6-17(22)10-13-23(32)27(24,15-30)16-31/h1-14,23-25H/t23-,24+,25+/m0/s1. The molecule has 0 bridgehead atoms. The van der Waals surface area contributed by atoms with Gasteiger partial charge in [-0.1, -0.05) is 66.7 Å². The highest BCUT2D eigenvalue weighted by atomic mass is 19.1. The molecule has 3 aromatic carbocycles. The summed E-state index contributed by atoms with van der Waals surface area (Å²) in [6, 6.07) is 21.3. The minimum absolute atomic E-state index is 0.0333. The van der Waals surface area contributed by atoms with Crippen LogP contribution in [0.4, 0.5) is 14.5 Å². The zero-order valence-electron chi connectivity index (χ0n) is 17.3. The van der Waals surface area contributed by atoms with E-state index in [4.69, 9.17) is 0 Å². The number of hydrogen-bond donors (Lipinski definition) is 0. The smallest absolute Gasteiger partial charge is 0.185 e. The first kappa shape index (κ1) is 20.6. The maximum absolute atomic E-state index is 15.1. The van der Waals surface area contributed by atoms with Crippen LogP contribution >= 0.6 is 0 Å². The Hall–Kier alpha value is -4.29. The fraction of sp³-hybridized carbons (Fsp3) is 0.148. The minimum Gasteiger partial charge on any atom is -0.351 e. The number of fused-ring (bicyclic) bond motifs is 3. The van der Waals surface area contributed by atoms with Crippen LogP contribution in [0, 0.1) is 39.7 Å². The molecule has 5 rings (SSSR count). The van der Waals surface area contributed by atoms with Gasteiger partial charge in [0.2, 0.25) is 0 Å². The Labute approximate surface area is 189 Å². The molecule has 1 saturated heterocycles. The third-order valence-electron chi connectivity index (χ3n) is 6.54. The molecule has 3 aromatic rings. The van der Waals surface area contributed by atoms with Gasteiger partial charge in [-0.25, -0.2) is 8.78 Å². The van der Waals surface area contributed by atoms with Crippen LogP contribution in [0.1, 0.15) is 27.4 Å². The zero-order chi connectivity index (χ0) is 23.2. The second-order valence-corrected chi connectivity index (χ2v) is 8.18. The van der Waals surface area contributed by atoms with Gasteiger partial charge in [0.25, 0.3) is 0 Å². The molecule has 2 aliphatic rings. The Morgan fingerprint density at radius 2 is 1.64 bits per heavy atom. The first-order valence-corrected chi connectivity index (χ1v) is 10.4. The van der Waals surface area contributed by atoms with Crippen LogP contribution in [-0.4, -0.2) is 17.9 Å². The Bertz CT molecular complexity index is 1360. The summed E-state index contributed by atoms with van der Waals surface area (Å²) in [5.74, 6) is -3.16. The molecule has 0 aliphatic carbocycles. The summed E-state index contributed by atoms with van der Waals surface area (Å²) in [5.41, 5.74) is 0.0722. The molecule has 4 nitrogen and oxygen atoms in total. The quantitative estimate of drug-likeness (QED) is 0.525. The molecule has 160 valence electrons. The predicted octanol–water partition coefficient (Wildman–Crippen LogP) is 5.25. The summed E-state index contributed by atoms with van der Waals surface area (Å²) in [7, 11) is 0. The van der Waals surface area contributed by atoms with Gasteiger partial charge in [-0.15, -0.1) is 0 Å². The van der Waals surface area contributed by atoms with Crippen molar-refractivity contribution in [1.82, 2.24) is 0 Å². The van der Waals surface area contributed by atoms with Gasteiger partial charge in [0.05, 0.1) is 18.2 Å². The topological polar surface area (TPSA) is 67.9 Å². The number of para-hydroxylation sites is 1. The van der Waals surface area contributed by atoms with Crippen molar-refractivity contribution in [1.29, 1.82) is 10.5 Å². The van der Waals surface area contributed by atoms with Crippen molar-refractivity contribution in [3.63, 3.8) is 0 Å². The highest BCUT2D eigenvalue weighted by Gasteiger charge is 2.63. The van der Waals surface area contributed by atoms with E-state index in [9.17, 15) is 19.7 Å².